The average molecular weight is 279 g/mol. The second kappa shape index (κ2) is 5.13. The summed E-state index contributed by atoms with van der Waals surface area (Å²) in [6.07, 6.45) is 0.705. The van der Waals surface area contributed by atoms with Crippen LogP contribution in [0.25, 0.3) is 22.2 Å². The molecule has 21 heavy (non-hydrogen) atoms. The van der Waals surface area contributed by atoms with E-state index >= 15 is 0 Å². The minimum Gasteiger partial charge on any atom is -0.310 e. The number of benzene rings is 1. The van der Waals surface area contributed by atoms with Gasteiger partial charge in [-0.2, -0.15) is 0 Å². The van der Waals surface area contributed by atoms with E-state index in [1.807, 2.05) is 44.2 Å². The molecule has 0 bridgehead atoms. The van der Waals surface area contributed by atoms with Gasteiger partial charge in [0.15, 0.2) is 0 Å². The third-order valence-electron chi connectivity index (χ3n) is 3.64. The number of fused-ring (bicyclic) bond motifs is 1. The molecule has 0 aliphatic heterocycles. The summed E-state index contributed by atoms with van der Waals surface area (Å²) >= 11 is 0. The molecule has 1 aromatic carbocycles. The van der Waals surface area contributed by atoms with E-state index in [9.17, 15) is 4.79 Å². The first kappa shape index (κ1) is 13.5. The first-order valence-corrected chi connectivity index (χ1v) is 7.06. The lowest BCUT2D eigenvalue weighted by atomic mass is 10.0. The topological polar surface area (TPSA) is 58.6 Å². The number of nitrogens with zero attached hydrogens (tertiary/aromatic N) is 2. The van der Waals surface area contributed by atoms with Crippen LogP contribution in [0.15, 0.2) is 35.1 Å². The predicted octanol–water partition coefficient (Wildman–Crippen LogP) is 3.16. The number of aryl methyl sites for hydroxylation is 2. The second-order valence-electron chi connectivity index (χ2n) is 5.20. The molecule has 0 saturated heterocycles. The van der Waals surface area contributed by atoms with Gasteiger partial charge in [-0.25, -0.2) is 4.98 Å². The molecule has 0 aliphatic carbocycles. The van der Waals surface area contributed by atoms with Gasteiger partial charge >= 0.3 is 0 Å². The third-order valence-corrected chi connectivity index (χ3v) is 3.64. The van der Waals surface area contributed by atoms with Crippen LogP contribution in [0.3, 0.4) is 0 Å². The monoisotopic (exact) mass is 279 g/mol. The van der Waals surface area contributed by atoms with E-state index in [4.69, 9.17) is 0 Å². The van der Waals surface area contributed by atoms with Gasteiger partial charge in [0.05, 0.1) is 11.2 Å². The Kier molecular flexibility index (Phi) is 3.29. The predicted molar refractivity (Wildman–Crippen MR) is 84.4 cm³/mol. The Balaban J connectivity index is 2.23. The van der Waals surface area contributed by atoms with Crippen LogP contribution in [0.1, 0.15) is 24.0 Å². The lowest BCUT2D eigenvalue weighted by molar-refractivity contribution is 0.912. The van der Waals surface area contributed by atoms with Crippen molar-refractivity contribution in [2.75, 3.05) is 0 Å². The lowest BCUT2D eigenvalue weighted by Crippen LogP contribution is -2.15. The van der Waals surface area contributed by atoms with Gasteiger partial charge in [-0.1, -0.05) is 19.1 Å². The summed E-state index contributed by atoms with van der Waals surface area (Å²) in [4.78, 5) is 23.9. The Morgan fingerprint density at radius 1 is 1.10 bits per heavy atom. The van der Waals surface area contributed by atoms with Gasteiger partial charge in [-0.05, 0) is 32.0 Å². The molecule has 106 valence electrons. The standard InChI is InChI=1S/C17H17N3O/c1-4-15-19-16(11(3)17(21)20-15)13-7-8-14-12(9-13)6-5-10(2)18-14/h5-9H,4H2,1-3H3,(H,19,20,21). The van der Waals surface area contributed by atoms with E-state index in [0.717, 1.165) is 27.9 Å². The van der Waals surface area contributed by atoms with Crippen LogP contribution < -0.4 is 5.56 Å². The minimum absolute atomic E-state index is 0.0704. The molecule has 0 spiro atoms. The number of pyridine rings is 1. The summed E-state index contributed by atoms with van der Waals surface area (Å²) in [6.45, 7) is 5.76. The molecule has 0 radical (unpaired) electrons. The zero-order valence-electron chi connectivity index (χ0n) is 12.4. The van der Waals surface area contributed by atoms with E-state index in [0.29, 0.717) is 17.8 Å². The van der Waals surface area contributed by atoms with Crippen molar-refractivity contribution in [3.8, 4) is 11.3 Å². The molecule has 1 N–H and O–H groups in total. The van der Waals surface area contributed by atoms with Gasteiger partial charge in [0, 0.05) is 28.6 Å². The molecule has 0 aliphatic rings. The minimum atomic E-state index is -0.0704. The van der Waals surface area contributed by atoms with Gasteiger partial charge in [0.25, 0.3) is 5.56 Å². The molecular formula is C17H17N3O. The van der Waals surface area contributed by atoms with Crippen LogP contribution >= 0.6 is 0 Å². The van der Waals surface area contributed by atoms with E-state index in [-0.39, 0.29) is 5.56 Å². The molecule has 2 aromatic heterocycles. The van der Waals surface area contributed by atoms with E-state index in [2.05, 4.69) is 15.0 Å². The Morgan fingerprint density at radius 2 is 1.90 bits per heavy atom. The Morgan fingerprint density at radius 3 is 2.67 bits per heavy atom. The van der Waals surface area contributed by atoms with E-state index in [1.54, 1.807) is 6.92 Å². The molecule has 4 heteroatoms. The molecule has 3 rings (SSSR count). The highest BCUT2D eigenvalue weighted by molar-refractivity contribution is 5.84. The first-order valence-electron chi connectivity index (χ1n) is 7.06. The van der Waals surface area contributed by atoms with Crippen LogP contribution in [0.2, 0.25) is 0 Å². The maximum absolute atomic E-state index is 12.0. The second-order valence-corrected chi connectivity index (χ2v) is 5.20. The first-order chi connectivity index (χ1) is 10.1. The van der Waals surface area contributed by atoms with Crippen molar-refractivity contribution >= 4 is 10.9 Å². The average Bonchev–Trinajstić information content (AvgIpc) is 2.49. The molecule has 0 amide bonds. The van der Waals surface area contributed by atoms with Gasteiger partial charge in [-0.3, -0.25) is 9.78 Å². The number of aromatic nitrogens is 3. The third kappa shape index (κ3) is 2.44. The fourth-order valence-electron chi connectivity index (χ4n) is 2.40. The maximum Gasteiger partial charge on any atom is 0.254 e. The quantitative estimate of drug-likeness (QED) is 0.784. The van der Waals surface area contributed by atoms with Crippen molar-refractivity contribution < 1.29 is 0 Å². The Labute approximate surface area is 122 Å². The van der Waals surface area contributed by atoms with Gasteiger partial charge in [0.2, 0.25) is 0 Å². The van der Waals surface area contributed by atoms with Crippen molar-refractivity contribution in [3.63, 3.8) is 0 Å². The SMILES string of the molecule is CCc1nc(-c2ccc3nc(C)ccc3c2)c(C)c(=O)[nH]1. The Bertz CT molecular complexity index is 881. The van der Waals surface area contributed by atoms with Crippen molar-refractivity contribution in [2.45, 2.75) is 27.2 Å². The molecule has 3 aromatic rings. The van der Waals surface area contributed by atoms with Crippen molar-refractivity contribution in [2.24, 2.45) is 0 Å². The van der Waals surface area contributed by atoms with Gasteiger partial charge < -0.3 is 4.98 Å². The highest BCUT2D eigenvalue weighted by Crippen LogP contribution is 2.23. The molecule has 0 fully saturated rings. The van der Waals surface area contributed by atoms with Gasteiger partial charge in [-0.15, -0.1) is 0 Å². The largest absolute Gasteiger partial charge is 0.310 e. The lowest BCUT2D eigenvalue weighted by Gasteiger charge is -2.08. The van der Waals surface area contributed by atoms with Crippen LogP contribution in [-0.2, 0) is 6.42 Å². The Hall–Kier alpha value is -2.49. The summed E-state index contributed by atoms with van der Waals surface area (Å²) < 4.78 is 0. The molecule has 0 atom stereocenters. The number of aromatic amines is 1. The van der Waals surface area contributed by atoms with E-state index < -0.39 is 0 Å². The van der Waals surface area contributed by atoms with Gasteiger partial charge in [0.1, 0.15) is 5.82 Å². The van der Waals surface area contributed by atoms with Crippen LogP contribution in [0.4, 0.5) is 0 Å². The van der Waals surface area contributed by atoms with Crippen LogP contribution in [0, 0.1) is 13.8 Å². The molecule has 4 nitrogen and oxygen atoms in total. The molecule has 0 unspecified atom stereocenters. The smallest absolute Gasteiger partial charge is 0.254 e. The van der Waals surface area contributed by atoms with Crippen LogP contribution in [-0.4, -0.2) is 15.0 Å². The summed E-state index contributed by atoms with van der Waals surface area (Å²) in [5.74, 6) is 0.711. The highest BCUT2D eigenvalue weighted by Gasteiger charge is 2.10. The fourth-order valence-corrected chi connectivity index (χ4v) is 2.40. The van der Waals surface area contributed by atoms with Crippen molar-refractivity contribution in [1.82, 2.24) is 15.0 Å². The normalized spacial score (nSPS) is 11.0. The number of rotatable bonds is 2. The zero-order chi connectivity index (χ0) is 15.0. The van der Waals surface area contributed by atoms with E-state index in [1.165, 1.54) is 0 Å². The van der Waals surface area contributed by atoms with Crippen molar-refractivity contribution in [3.05, 3.63) is 57.8 Å². The summed E-state index contributed by atoms with van der Waals surface area (Å²) in [5.41, 5.74) is 4.22. The number of hydrogen-bond donors (Lipinski definition) is 1. The summed E-state index contributed by atoms with van der Waals surface area (Å²) in [6, 6.07) is 10.0. The highest BCUT2D eigenvalue weighted by atomic mass is 16.1. The van der Waals surface area contributed by atoms with Crippen molar-refractivity contribution in [1.29, 1.82) is 0 Å². The summed E-state index contributed by atoms with van der Waals surface area (Å²) in [7, 11) is 0. The number of nitrogens with one attached hydrogen (secondary N) is 1. The number of H-pyrrole nitrogens is 1. The zero-order valence-corrected chi connectivity index (χ0v) is 12.4. The molecular weight excluding hydrogens is 262 g/mol. The van der Waals surface area contributed by atoms with Crippen LogP contribution in [0.5, 0.6) is 0 Å². The molecule has 0 saturated carbocycles. The molecule has 2 heterocycles. The summed E-state index contributed by atoms with van der Waals surface area (Å²) in [5, 5.41) is 1.05. The fraction of sp³-hybridized carbons (Fsp3) is 0.235. The maximum atomic E-state index is 12.0. The number of hydrogen-bond acceptors (Lipinski definition) is 3.